The van der Waals surface area contributed by atoms with Crippen molar-refractivity contribution in [3.63, 3.8) is 0 Å². The van der Waals surface area contributed by atoms with Gasteiger partial charge in [0.2, 0.25) is 0 Å². The molecule has 1 unspecified atom stereocenters. The number of aromatic nitrogens is 2. The van der Waals surface area contributed by atoms with Crippen molar-refractivity contribution in [2.24, 2.45) is 0 Å². The predicted octanol–water partition coefficient (Wildman–Crippen LogP) is 3.78. The van der Waals surface area contributed by atoms with Crippen LogP contribution in [0.3, 0.4) is 0 Å². The summed E-state index contributed by atoms with van der Waals surface area (Å²) >= 11 is 0. The Morgan fingerprint density at radius 2 is 2.00 bits per heavy atom. The van der Waals surface area contributed by atoms with Gasteiger partial charge >= 0.3 is 0 Å². The number of carbonyl (C=O) groups is 1. The molecule has 2 aromatic rings. The minimum absolute atomic E-state index is 0.199. The number of nitrogens with one attached hydrogen (secondary N) is 2. The Kier molecular flexibility index (Phi) is 4.65. The first-order valence-corrected chi connectivity index (χ1v) is 8.21. The summed E-state index contributed by atoms with van der Waals surface area (Å²) in [5.74, 6) is 1.60. The zero-order valence-corrected chi connectivity index (χ0v) is 13.6. The predicted molar refractivity (Wildman–Crippen MR) is 89.7 cm³/mol. The summed E-state index contributed by atoms with van der Waals surface area (Å²) in [4.78, 5) is 12.2. The third-order valence-corrected chi connectivity index (χ3v) is 4.35. The second-order valence-corrected chi connectivity index (χ2v) is 6.25. The van der Waals surface area contributed by atoms with Crippen molar-refractivity contribution in [1.82, 2.24) is 10.2 Å². The maximum absolute atomic E-state index is 12.2. The van der Waals surface area contributed by atoms with Gasteiger partial charge in [-0.2, -0.15) is 5.10 Å². The molecule has 1 aromatic carbocycles. The van der Waals surface area contributed by atoms with Crippen molar-refractivity contribution in [3.8, 4) is 5.75 Å². The van der Waals surface area contributed by atoms with Gasteiger partial charge in [-0.15, -0.1) is 0 Å². The number of carbonyl (C=O) groups excluding carboxylic acids is 1. The van der Waals surface area contributed by atoms with Crippen molar-refractivity contribution in [2.45, 2.75) is 51.6 Å². The van der Waals surface area contributed by atoms with Crippen LogP contribution < -0.4 is 10.1 Å². The number of benzene rings is 1. The number of hydrogen-bond acceptors (Lipinski definition) is 3. The van der Waals surface area contributed by atoms with Crippen LogP contribution in [0.2, 0.25) is 0 Å². The number of rotatable bonds is 5. The molecule has 1 heterocycles. The van der Waals surface area contributed by atoms with Crippen molar-refractivity contribution < 1.29 is 9.53 Å². The fourth-order valence-corrected chi connectivity index (χ4v) is 2.95. The molecule has 2 N–H and O–H groups in total. The van der Waals surface area contributed by atoms with E-state index in [1.165, 1.54) is 25.7 Å². The monoisotopic (exact) mass is 313 g/mol. The summed E-state index contributed by atoms with van der Waals surface area (Å²) in [6.45, 7) is 3.75. The van der Waals surface area contributed by atoms with Crippen molar-refractivity contribution in [3.05, 3.63) is 41.6 Å². The fraction of sp³-hybridized carbons (Fsp3) is 0.444. The van der Waals surface area contributed by atoms with Gasteiger partial charge < -0.3 is 10.1 Å². The Bertz CT molecular complexity index is 657. The molecular formula is C18H23N3O2. The fourth-order valence-electron chi connectivity index (χ4n) is 2.95. The van der Waals surface area contributed by atoms with E-state index >= 15 is 0 Å². The molecular weight excluding hydrogens is 290 g/mol. The van der Waals surface area contributed by atoms with Crippen LogP contribution in [-0.4, -0.2) is 22.2 Å². The van der Waals surface area contributed by atoms with E-state index in [2.05, 4.69) is 15.5 Å². The van der Waals surface area contributed by atoms with Gasteiger partial charge in [0, 0.05) is 17.7 Å². The SMILES string of the molecule is Cc1ccc(OC(C)C(=O)Nc2cc(C3CCCC3)[nH]n2)cc1. The van der Waals surface area contributed by atoms with E-state index in [-0.39, 0.29) is 5.91 Å². The second-order valence-electron chi connectivity index (χ2n) is 6.25. The maximum atomic E-state index is 12.2. The van der Waals surface area contributed by atoms with Crippen molar-refractivity contribution >= 4 is 11.7 Å². The molecule has 1 aliphatic rings. The smallest absolute Gasteiger partial charge is 0.266 e. The number of nitrogens with zero attached hydrogens (tertiary/aromatic N) is 1. The number of hydrogen-bond donors (Lipinski definition) is 2. The van der Waals surface area contributed by atoms with Crippen LogP contribution in [0.1, 0.15) is 49.8 Å². The van der Waals surface area contributed by atoms with Crippen LogP contribution in [0, 0.1) is 6.92 Å². The van der Waals surface area contributed by atoms with Crippen LogP contribution in [0.5, 0.6) is 5.75 Å². The first-order chi connectivity index (χ1) is 11.1. The molecule has 5 heteroatoms. The third-order valence-electron chi connectivity index (χ3n) is 4.35. The van der Waals surface area contributed by atoms with Crippen molar-refractivity contribution in [1.29, 1.82) is 0 Å². The van der Waals surface area contributed by atoms with Gasteiger partial charge in [-0.05, 0) is 38.8 Å². The van der Waals surface area contributed by atoms with E-state index in [0.717, 1.165) is 11.3 Å². The largest absolute Gasteiger partial charge is 0.481 e. The molecule has 1 amide bonds. The van der Waals surface area contributed by atoms with E-state index in [1.807, 2.05) is 37.3 Å². The quantitative estimate of drug-likeness (QED) is 0.882. The van der Waals surface area contributed by atoms with Gasteiger partial charge in [-0.1, -0.05) is 30.5 Å². The maximum Gasteiger partial charge on any atom is 0.266 e. The van der Waals surface area contributed by atoms with Gasteiger partial charge in [0.15, 0.2) is 11.9 Å². The lowest BCUT2D eigenvalue weighted by Crippen LogP contribution is -2.30. The molecule has 23 heavy (non-hydrogen) atoms. The number of amides is 1. The van der Waals surface area contributed by atoms with Crippen LogP contribution in [0.4, 0.5) is 5.82 Å². The molecule has 1 atom stereocenters. The Balaban J connectivity index is 1.56. The lowest BCUT2D eigenvalue weighted by Gasteiger charge is -2.13. The summed E-state index contributed by atoms with van der Waals surface area (Å²) in [6, 6.07) is 9.59. The van der Waals surface area contributed by atoms with Gasteiger partial charge in [-0.25, -0.2) is 0 Å². The third kappa shape index (κ3) is 3.92. The van der Waals surface area contributed by atoms with Gasteiger partial charge in [0.05, 0.1) is 0 Å². The molecule has 0 bridgehead atoms. The molecule has 1 saturated carbocycles. The van der Waals surface area contributed by atoms with Crippen LogP contribution in [-0.2, 0) is 4.79 Å². The van der Waals surface area contributed by atoms with Crippen LogP contribution in [0.15, 0.2) is 30.3 Å². The van der Waals surface area contributed by atoms with Crippen molar-refractivity contribution in [2.75, 3.05) is 5.32 Å². The van der Waals surface area contributed by atoms with Gasteiger partial charge in [0.25, 0.3) is 5.91 Å². The van der Waals surface area contributed by atoms with E-state index in [9.17, 15) is 4.79 Å². The molecule has 1 fully saturated rings. The number of ether oxygens (including phenoxy) is 1. The highest BCUT2D eigenvalue weighted by Gasteiger charge is 2.21. The van der Waals surface area contributed by atoms with E-state index < -0.39 is 6.10 Å². The highest BCUT2D eigenvalue weighted by atomic mass is 16.5. The number of H-pyrrole nitrogens is 1. The average molecular weight is 313 g/mol. The molecule has 5 nitrogen and oxygen atoms in total. The average Bonchev–Trinajstić information content (AvgIpc) is 3.20. The Morgan fingerprint density at radius 1 is 1.30 bits per heavy atom. The lowest BCUT2D eigenvalue weighted by atomic mass is 10.0. The molecule has 0 saturated heterocycles. The van der Waals surface area contributed by atoms with E-state index in [4.69, 9.17) is 4.74 Å². The summed E-state index contributed by atoms with van der Waals surface area (Å²) in [5.41, 5.74) is 2.27. The zero-order valence-electron chi connectivity index (χ0n) is 13.6. The molecule has 0 aliphatic heterocycles. The standard InChI is InChI=1S/C18H23N3O2/c1-12-7-9-15(10-8-12)23-13(2)18(22)19-17-11-16(20-21-17)14-5-3-4-6-14/h7-11,13-14H,3-6H2,1-2H3,(H2,19,20,21,22). The highest BCUT2D eigenvalue weighted by Crippen LogP contribution is 2.33. The molecule has 0 radical (unpaired) electrons. The number of aryl methyl sites for hydroxylation is 1. The highest BCUT2D eigenvalue weighted by molar-refractivity contribution is 5.93. The first kappa shape index (κ1) is 15.6. The molecule has 3 rings (SSSR count). The molecule has 1 aliphatic carbocycles. The van der Waals surface area contributed by atoms with Crippen LogP contribution in [0.25, 0.3) is 0 Å². The van der Waals surface area contributed by atoms with Gasteiger partial charge in [-0.3, -0.25) is 9.89 Å². The normalized spacial score (nSPS) is 16.3. The Hall–Kier alpha value is -2.30. The van der Waals surface area contributed by atoms with E-state index in [1.54, 1.807) is 6.92 Å². The lowest BCUT2D eigenvalue weighted by molar-refractivity contribution is -0.122. The minimum atomic E-state index is -0.579. The van der Waals surface area contributed by atoms with Crippen LogP contribution >= 0.6 is 0 Å². The number of aromatic amines is 1. The minimum Gasteiger partial charge on any atom is -0.481 e. The van der Waals surface area contributed by atoms with Gasteiger partial charge in [0.1, 0.15) is 5.75 Å². The topological polar surface area (TPSA) is 67.0 Å². The molecule has 0 spiro atoms. The summed E-state index contributed by atoms with van der Waals surface area (Å²) in [6.07, 6.45) is 4.36. The first-order valence-electron chi connectivity index (χ1n) is 8.21. The summed E-state index contributed by atoms with van der Waals surface area (Å²) in [5, 5.41) is 10.0. The summed E-state index contributed by atoms with van der Waals surface area (Å²) < 4.78 is 5.66. The Morgan fingerprint density at radius 3 is 2.70 bits per heavy atom. The molecule has 122 valence electrons. The zero-order chi connectivity index (χ0) is 16.2. The van der Waals surface area contributed by atoms with E-state index in [0.29, 0.717) is 17.5 Å². The molecule has 1 aromatic heterocycles. The summed E-state index contributed by atoms with van der Waals surface area (Å²) in [7, 11) is 0. The Labute approximate surface area is 136 Å². The number of anilines is 1. The second kappa shape index (κ2) is 6.86.